The molecule has 0 unspecified atom stereocenters. The van der Waals surface area contributed by atoms with E-state index in [0.29, 0.717) is 6.61 Å². The highest BCUT2D eigenvalue weighted by Gasteiger charge is 1.99. The van der Waals surface area contributed by atoms with Gasteiger partial charge in [-0.25, -0.2) is 4.79 Å². The molecule has 0 rings (SSSR count). The maximum absolute atomic E-state index is 11.2. The molecule has 0 saturated heterocycles. The molecule has 0 aromatic carbocycles. The van der Waals surface area contributed by atoms with Crippen LogP contribution in [0.4, 0.5) is 0 Å². The van der Waals surface area contributed by atoms with Crippen molar-refractivity contribution in [1.82, 2.24) is 4.90 Å². The maximum atomic E-state index is 11.2. The quantitative estimate of drug-likeness (QED) is 0.268. The number of allylic oxidation sites excluding steroid dienone is 3. The highest BCUT2D eigenvalue weighted by molar-refractivity contribution is 5.82. The molecule has 98 valence electrons. The predicted octanol–water partition coefficient (Wildman–Crippen LogP) is 2.78. The SMILES string of the molecule is C/C=C/C=C/C(=O)OCCCCN(CC)CC. The molecule has 0 aliphatic heterocycles. The largest absolute Gasteiger partial charge is 0.463 e. The van der Waals surface area contributed by atoms with E-state index in [2.05, 4.69) is 18.7 Å². The lowest BCUT2D eigenvalue weighted by Crippen LogP contribution is -2.24. The molecule has 0 spiro atoms. The summed E-state index contributed by atoms with van der Waals surface area (Å²) in [4.78, 5) is 13.5. The number of carbonyl (C=O) groups is 1. The first-order valence-corrected chi connectivity index (χ1v) is 6.43. The number of rotatable bonds is 9. The normalized spacial score (nSPS) is 11.8. The zero-order valence-electron chi connectivity index (χ0n) is 11.3. The summed E-state index contributed by atoms with van der Waals surface area (Å²) in [7, 11) is 0. The molecule has 0 N–H and O–H groups in total. The average Bonchev–Trinajstić information content (AvgIpc) is 2.34. The number of carbonyl (C=O) groups excluding carboxylic acids is 1. The molecule has 0 heterocycles. The highest BCUT2D eigenvalue weighted by Crippen LogP contribution is 1.96. The van der Waals surface area contributed by atoms with Gasteiger partial charge in [0.15, 0.2) is 0 Å². The second-order valence-corrected chi connectivity index (χ2v) is 3.79. The lowest BCUT2D eigenvalue weighted by atomic mass is 10.3. The highest BCUT2D eigenvalue weighted by atomic mass is 16.5. The zero-order valence-corrected chi connectivity index (χ0v) is 11.3. The monoisotopic (exact) mass is 239 g/mol. The van der Waals surface area contributed by atoms with Crippen LogP contribution in [-0.4, -0.2) is 37.1 Å². The molecular weight excluding hydrogens is 214 g/mol. The van der Waals surface area contributed by atoms with Crippen molar-refractivity contribution in [3.63, 3.8) is 0 Å². The van der Waals surface area contributed by atoms with Crippen LogP contribution in [0.15, 0.2) is 24.3 Å². The topological polar surface area (TPSA) is 29.5 Å². The third-order valence-electron chi connectivity index (χ3n) is 2.54. The van der Waals surface area contributed by atoms with Gasteiger partial charge in [0, 0.05) is 6.08 Å². The molecule has 0 aromatic rings. The summed E-state index contributed by atoms with van der Waals surface area (Å²) in [5.41, 5.74) is 0. The number of nitrogens with zero attached hydrogens (tertiary/aromatic N) is 1. The van der Waals surface area contributed by atoms with Crippen LogP contribution in [0, 0.1) is 0 Å². The number of ether oxygens (including phenoxy) is 1. The van der Waals surface area contributed by atoms with E-state index in [1.54, 1.807) is 6.08 Å². The van der Waals surface area contributed by atoms with Gasteiger partial charge in [-0.05, 0) is 39.4 Å². The fraction of sp³-hybridized carbons (Fsp3) is 0.643. The summed E-state index contributed by atoms with van der Waals surface area (Å²) in [5, 5.41) is 0. The van der Waals surface area contributed by atoms with E-state index in [1.165, 1.54) is 6.08 Å². The van der Waals surface area contributed by atoms with Crippen LogP contribution in [0.3, 0.4) is 0 Å². The van der Waals surface area contributed by atoms with Crippen molar-refractivity contribution in [2.24, 2.45) is 0 Å². The van der Waals surface area contributed by atoms with E-state index in [1.807, 2.05) is 19.1 Å². The molecule has 3 nitrogen and oxygen atoms in total. The minimum Gasteiger partial charge on any atom is -0.463 e. The molecule has 0 amide bonds. The number of unbranched alkanes of at least 4 members (excludes halogenated alkanes) is 1. The summed E-state index contributed by atoms with van der Waals surface area (Å²) in [6, 6.07) is 0. The van der Waals surface area contributed by atoms with E-state index < -0.39 is 0 Å². The molecule has 3 heteroatoms. The Kier molecular flexibility index (Phi) is 10.7. The van der Waals surface area contributed by atoms with Crippen molar-refractivity contribution < 1.29 is 9.53 Å². The fourth-order valence-corrected chi connectivity index (χ4v) is 1.44. The second-order valence-electron chi connectivity index (χ2n) is 3.79. The second kappa shape index (κ2) is 11.4. The molecular formula is C14H25NO2. The first kappa shape index (κ1) is 15.9. The molecule has 0 radical (unpaired) electrons. The van der Waals surface area contributed by atoms with Crippen LogP contribution in [-0.2, 0) is 9.53 Å². The van der Waals surface area contributed by atoms with Gasteiger partial charge in [-0.2, -0.15) is 0 Å². The molecule has 0 aliphatic carbocycles. The summed E-state index contributed by atoms with van der Waals surface area (Å²) in [6.45, 7) is 10.00. The van der Waals surface area contributed by atoms with Crippen LogP contribution in [0.5, 0.6) is 0 Å². The Balaban J connectivity index is 3.48. The fourth-order valence-electron chi connectivity index (χ4n) is 1.44. The number of hydrogen-bond acceptors (Lipinski definition) is 3. The van der Waals surface area contributed by atoms with Crippen LogP contribution in [0.2, 0.25) is 0 Å². The van der Waals surface area contributed by atoms with Gasteiger partial charge in [0.05, 0.1) is 6.61 Å². The molecule has 0 fully saturated rings. The van der Waals surface area contributed by atoms with E-state index in [4.69, 9.17) is 4.74 Å². The van der Waals surface area contributed by atoms with Gasteiger partial charge in [-0.1, -0.05) is 32.1 Å². The third-order valence-corrected chi connectivity index (χ3v) is 2.54. The molecule has 17 heavy (non-hydrogen) atoms. The van der Waals surface area contributed by atoms with Crippen LogP contribution in [0.25, 0.3) is 0 Å². The van der Waals surface area contributed by atoms with Crippen LogP contribution in [0.1, 0.15) is 33.6 Å². The molecule has 0 saturated carbocycles. The Bertz CT molecular complexity index is 243. The minimum absolute atomic E-state index is 0.258. The van der Waals surface area contributed by atoms with E-state index in [0.717, 1.165) is 32.5 Å². The van der Waals surface area contributed by atoms with Crippen molar-refractivity contribution in [2.75, 3.05) is 26.2 Å². The van der Waals surface area contributed by atoms with E-state index in [9.17, 15) is 4.79 Å². The van der Waals surface area contributed by atoms with Crippen molar-refractivity contribution in [1.29, 1.82) is 0 Å². The number of hydrogen-bond donors (Lipinski definition) is 0. The van der Waals surface area contributed by atoms with Crippen LogP contribution >= 0.6 is 0 Å². The van der Waals surface area contributed by atoms with Crippen molar-refractivity contribution in [3.05, 3.63) is 24.3 Å². The Hall–Kier alpha value is -1.09. The van der Waals surface area contributed by atoms with E-state index >= 15 is 0 Å². The lowest BCUT2D eigenvalue weighted by Gasteiger charge is -2.17. The zero-order chi connectivity index (χ0) is 12.9. The smallest absolute Gasteiger partial charge is 0.330 e. The summed E-state index contributed by atoms with van der Waals surface area (Å²) in [5.74, 6) is -0.258. The van der Waals surface area contributed by atoms with Gasteiger partial charge >= 0.3 is 5.97 Å². The molecule has 0 atom stereocenters. The van der Waals surface area contributed by atoms with Gasteiger partial charge in [-0.15, -0.1) is 0 Å². The van der Waals surface area contributed by atoms with Gasteiger partial charge in [-0.3, -0.25) is 0 Å². The first-order chi connectivity index (χ1) is 8.24. The first-order valence-electron chi connectivity index (χ1n) is 6.43. The average molecular weight is 239 g/mol. The van der Waals surface area contributed by atoms with Gasteiger partial charge in [0.25, 0.3) is 0 Å². The summed E-state index contributed by atoms with van der Waals surface area (Å²) in [6.07, 6.45) is 8.82. The molecule has 0 aliphatic rings. The minimum atomic E-state index is -0.258. The lowest BCUT2D eigenvalue weighted by molar-refractivity contribution is -0.137. The van der Waals surface area contributed by atoms with Gasteiger partial charge in [0.2, 0.25) is 0 Å². The van der Waals surface area contributed by atoms with Gasteiger partial charge in [0.1, 0.15) is 0 Å². The summed E-state index contributed by atoms with van der Waals surface area (Å²) >= 11 is 0. The van der Waals surface area contributed by atoms with E-state index in [-0.39, 0.29) is 5.97 Å². The number of esters is 1. The predicted molar refractivity (Wildman–Crippen MR) is 71.9 cm³/mol. The van der Waals surface area contributed by atoms with Crippen molar-refractivity contribution >= 4 is 5.97 Å². The Morgan fingerprint density at radius 2 is 1.88 bits per heavy atom. The standard InChI is InChI=1S/C14H25NO2/c1-4-7-8-11-14(16)17-13-10-9-12-15(5-2)6-3/h4,7-8,11H,5-6,9-10,12-13H2,1-3H3/b7-4+,11-8+. The molecule has 0 bridgehead atoms. The third kappa shape index (κ3) is 9.82. The van der Waals surface area contributed by atoms with Gasteiger partial charge < -0.3 is 9.64 Å². The maximum Gasteiger partial charge on any atom is 0.330 e. The van der Waals surface area contributed by atoms with Crippen molar-refractivity contribution in [2.45, 2.75) is 33.6 Å². The van der Waals surface area contributed by atoms with Crippen molar-refractivity contribution in [3.8, 4) is 0 Å². The Morgan fingerprint density at radius 1 is 1.18 bits per heavy atom. The van der Waals surface area contributed by atoms with Crippen LogP contribution < -0.4 is 0 Å². The molecule has 0 aromatic heterocycles. The summed E-state index contributed by atoms with van der Waals surface area (Å²) < 4.78 is 5.06. The Morgan fingerprint density at radius 3 is 2.47 bits per heavy atom. The Labute approximate surface area is 105 Å².